The second-order valence-corrected chi connectivity index (χ2v) is 6.09. The number of nitrogens with zero attached hydrogens (tertiary/aromatic N) is 3. The van der Waals surface area contributed by atoms with Gasteiger partial charge in [-0.25, -0.2) is 0 Å². The van der Waals surface area contributed by atoms with E-state index < -0.39 is 0 Å². The summed E-state index contributed by atoms with van der Waals surface area (Å²) in [7, 11) is 0. The van der Waals surface area contributed by atoms with Gasteiger partial charge in [-0.1, -0.05) is 29.4 Å². The van der Waals surface area contributed by atoms with Crippen LogP contribution in [-0.2, 0) is 6.42 Å². The van der Waals surface area contributed by atoms with Crippen molar-refractivity contribution in [3.63, 3.8) is 0 Å². The number of aliphatic imine (C=N–C) groups is 1. The molecular formula is C21H21N3O3. The zero-order valence-electron chi connectivity index (χ0n) is 15.4. The van der Waals surface area contributed by atoms with Crippen LogP contribution in [0.3, 0.4) is 0 Å². The molecule has 0 unspecified atom stereocenters. The number of rotatable bonds is 6. The standard InChI is InChI=1S/C21H21N3O3/c1-3-25-17-10-9-15(13-18(17)26-4-2)21-23-20(24-27-21)19-16-8-6-5-7-14(16)11-12-22-19/h5-10,13H,3-4,11-12H2,1-2H3. The van der Waals surface area contributed by atoms with Crippen molar-refractivity contribution in [1.82, 2.24) is 10.1 Å². The normalized spacial score (nSPS) is 13.0. The summed E-state index contributed by atoms with van der Waals surface area (Å²) in [4.78, 5) is 9.20. The van der Waals surface area contributed by atoms with Crippen LogP contribution in [0.4, 0.5) is 0 Å². The highest BCUT2D eigenvalue weighted by molar-refractivity contribution is 6.12. The zero-order chi connectivity index (χ0) is 18.6. The monoisotopic (exact) mass is 363 g/mol. The van der Waals surface area contributed by atoms with Gasteiger partial charge in [-0.2, -0.15) is 4.98 Å². The SMILES string of the molecule is CCOc1ccc(-c2nc(C3=NCCc4ccccc43)no2)cc1OCC. The first-order valence-electron chi connectivity index (χ1n) is 9.17. The molecule has 0 spiro atoms. The van der Waals surface area contributed by atoms with Gasteiger partial charge >= 0.3 is 0 Å². The Labute approximate surface area is 157 Å². The fourth-order valence-corrected chi connectivity index (χ4v) is 3.15. The van der Waals surface area contributed by atoms with E-state index in [-0.39, 0.29) is 0 Å². The van der Waals surface area contributed by atoms with Gasteiger partial charge in [0.15, 0.2) is 11.5 Å². The molecule has 2 heterocycles. The summed E-state index contributed by atoms with van der Waals surface area (Å²) in [6, 6.07) is 13.8. The molecule has 2 aromatic carbocycles. The minimum Gasteiger partial charge on any atom is -0.490 e. The topological polar surface area (TPSA) is 69.7 Å². The number of fused-ring (bicyclic) bond motifs is 1. The van der Waals surface area contributed by atoms with Gasteiger partial charge in [0, 0.05) is 17.7 Å². The summed E-state index contributed by atoms with van der Waals surface area (Å²) in [5.41, 5.74) is 3.89. The maximum Gasteiger partial charge on any atom is 0.258 e. The fourth-order valence-electron chi connectivity index (χ4n) is 3.15. The molecule has 4 rings (SSSR count). The van der Waals surface area contributed by atoms with Gasteiger partial charge < -0.3 is 14.0 Å². The molecule has 27 heavy (non-hydrogen) atoms. The van der Waals surface area contributed by atoms with Crippen LogP contribution in [0.15, 0.2) is 52.0 Å². The van der Waals surface area contributed by atoms with E-state index in [4.69, 9.17) is 14.0 Å². The molecule has 0 saturated carbocycles. The van der Waals surface area contributed by atoms with E-state index in [0.717, 1.165) is 29.8 Å². The van der Waals surface area contributed by atoms with E-state index in [2.05, 4.69) is 21.2 Å². The molecule has 6 heteroatoms. The Balaban J connectivity index is 1.67. The van der Waals surface area contributed by atoms with Gasteiger partial charge in [-0.3, -0.25) is 4.99 Å². The lowest BCUT2D eigenvalue weighted by Gasteiger charge is -2.13. The minimum absolute atomic E-state index is 0.430. The first-order valence-corrected chi connectivity index (χ1v) is 9.17. The van der Waals surface area contributed by atoms with E-state index in [1.165, 1.54) is 5.56 Å². The predicted molar refractivity (Wildman–Crippen MR) is 103 cm³/mol. The smallest absolute Gasteiger partial charge is 0.258 e. The summed E-state index contributed by atoms with van der Waals surface area (Å²) in [5, 5.41) is 4.16. The van der Waals surface area contributed by atoms with Crippen LogP contribution in [-0.4, -0.2) is 35.6 Å². The Kier molecular flexibility index (Phi) is 4.87. The number of benzene rings is 2. The third-order valence-corrected chi connectivity index (χ3v) is 4.35. The molecule has 1 aliphatic rings. The van der Waals surface area contributed by atoms with Crippen molar-refractivity contribution in [2.24, 2.45) is 4.99 Å². The average molecular weight is 363 g/mol. The third kappa shape index (κ3) is 3.43. The maximum absolute atomic E-state index is 5.68. The second-order valence-electron chi connectivity index (χ2n) is 6.09. The highest BCUT2D eigenvalue weighted by Crippen LogP contribution is 2.32. The van der Waals surface area contributed by atoms with Crippen molar-refractivity contribution >= 4 is 5.71 Å². The lowest BCUT2D eigenvalue weighted by molar-refractivity contribution is 0.288. The van der Waals surface area contributed by atoms with Crippen molar-refractivity contribution < 1.29 is 14.0 Å². The Morgan fingerprint density at radius 2 is 1.81 bits per heavy atom. The van der Waals surface area contributed by atoms with Gasteiger partial charge in [0.1, 0.15) is 5.71 Å². The highest BCUT2D eigenvalue weighted by atomic mass is 16.5. The van der Waals surface area contributed by atoms with Crippen LogP contribution in [0.2, 0.25) is 0 Å². The molecule has 0 N–H and O–H groups in total. The summed E-state index contributed by atoms with van der Waals surface area (Å²) in [6.07, 6.45) is 0.932. The number of aromatic nitrogens is 2. The van der Waals surface area contributed by atoms with E-state index >= 15 is 0 Å². The molecule has 1 aliphatic heterocycles. The predicted octanol–water partition coefficient (Wildman–Crippen LogP) is 3.93. The fraction of sp³-hybridized carbons (Fsp3) is 0.286. The number of ether oxygens (including phenoxy) is 2. The molecule has 138 valence electrons. The Morgan fingerprint density at radius 3 is 2.67 bits per heavy atom. The van der Waals surface area contributed by atoms with Crippen molar-refractivity contribution in [2.75, 3.05) is 19.8 Å². The van der Waals surface area contributed by atoms with E-state index in [1.54, 1.807) is 0 Å². The van der Waals surface area contributed by atoms with E-state index in [9.17, 15) is 0 Å². The van der Waals surface area contributed by atoms with Gasteiger partial charge in [0.05, 0.1) is 13.2 Å². The van der Waals surface area contributed by atoms with Crippen molar-refractivity contribution in [3.8, 4) is 23.0 Å². The molecule has 0 fully saturated rings. The summed E-state index contributed by atoms with van der Waals surface area (Å²) in [5.74, 6) is 2.30. The minimum atomic E-state index is 0.430. The van der Waals surface area contributed by atoms with Gasteiger partial charge in [0.2, 0.25) is 5.82 Å². The molecule has 0 aliphatic carbocycles. The lowest BCUT2D eigenvalue weighted by Crippen LogP contribution is -2.15. The highest BCUT2D eigenvalue weighted by Gasteiger charge is 2.21. The average Bonchev–Trinajstić information content (AvgIpc) is 3.19. The molecule has 0 amide bonds. The van der Waals surface area contributed by atoms with Crippen LogP contribution in [0.1, 0.15) is 30.8 Å². The largest absolute Gasteiger partial charge is 0.490 e. The molecule has 0 radical (unpaired) electrons. The van der Waals surface area contributed by atoms with Crippen LogP contribution in [0, 0.1) is 0 Å². The molecule has 0 saturated heterocycles. The molecule has 1 aromatic heterocycles. The van der Waals surface area contributed by atoms with Gasteiger partial charge in [0.25, 0.3) is 5.89 Å². The second kappa shape index (κ2) is 7.61. The van der Waals surface area contributed by atoms with Crippen molar-refractivity contribution in [1.29, 1.82) is 0 Å². The van der Waals surface area contributed by atoms with E-state index in [0.29, 0.717) is 36.4 Å². The summed E-state index contributed by atoms with van der Waals surface area (Å²) < 4.78 is 16.8. The first-order chi connectivity index (χ1) is 13.3. The molecule has 0 bridgehead atoms. The van der Waals surface area contributed by atoms with Crippen LogP contribution in [0.25, 0.3) is 11.5 Å². The Hall–Kier alpha value is -3.15. The van der Waals surface area contributed by atoms with Crippen molar-refractivity contribution in [3.05, 3.63) is 59.4 Å². The molecule has 3 aromatic rings. The number of hydrogen-bond donors (Lipinski definition) is 0. The molecule has 6 nitrogen and oxygen atoms in total. The van der Waals surface area contributed by atoms with Gasteiger partial charge in [-0.05, 0) is 44.0 Å². The van der Waals surface area contributed by atoms with Crippen LogP contribution < -0.4 is 9.47 Å². The Morgan fingerprint density at radius 1 is 1.00 bits per heavy atom. The molecule has 0 atom stereocenters. The zero-order valence-corrected chi connectivity index (χ0v) is 15.4. The molecular weight excluding hydrogens is 342 g/mol. The van der Waals surface area contributed by atoms with Crippen molar-refractivity contribution in [2.45, 2.75) is 20.3 Å². The summed E-state index contributed by atoms with van der Waals surface area (Å²) in [6.45, 7) is 5.73. The maximum atomic E-state index is 5.68. The van der Waals surface area contributed by atoms with Crippen LogP contribution in [0.5, 0.6) is 11.5 Å². The van der Waals surface area contributed by atoms with Crippen LogP contribution >= 0.6 is 0 Å². The number of hydrogen-bond acceptors (Lipinski definition) is 6. The Bertz CT molecular complexity index is 978. The summed E-state index contributed by atoms with van der Waals surface area (Å²) >= 11 is 0. The third-order valence-electron chi connectivity index (χ3n) is 4.35. The first kappa shape index (κ1) is 17.3. The lowest BCUT2D eigenvalue weighted by atomic mass is 9.97. The van der Waals surface area contributed by atoms with E-state index in [1.807, 2.05) is 50.2 Å². The quantitative estimate of drug-likeness (QED) is 0.664. The van der Waals surface area contributed by atoms with Gasteiger partial charge in [-0.15, -0.1) is 0 Å².